The van der Waals surface area contributed by atoms with E-state index in [0.29, 0.717) is 19.0 Å². The molecule has 0 bridgehead atoms. The van der Waals surface area contributed by atoms with Gasteiger partial charge in [0, 0.05) is 31.0 Å². The van der Waals surface area contributed by atoms with Gasteiger partial charge < -0.3 is 15.7 Å². The molecule has 0 spiro atoms. The van der Waals surface area contributed by atoms with Crippen LogP contribution in [0, 0.1) is 5.41 Å². The fraction of sp³-hybridized carbons (Fsp3) is 0.923. The van der Waals surface area contributed by atoms with Gasteiger partial charge in [-0.25, -0.2) is 0 Å². The molecule has 1 rings (SSSR count). The fourth-order valence-electron chi connectivity index (χ4n) is 2.36. The lowest BCUT2D eigenvalue weighted by Gasteiger charge is -2.26. The van der Waals surface area contributed by atoms with Gasteiger partial charge in [0.1, 0.15) is 0 Å². The van der Waals surface area contributed by atoms with Crippen LogP contribution in [0.25, 0.3) is 0 Å². The lowest BCUT2D eigenvalue weighted by molar-refractivity contribution is -0.121. The molecule has 17 heavy (non-hydrogen) atoms. The van der Waals surface area contributed by atoms with Gasteiger partial charge in [0.25, 0.3) is 0 Å². The smallest absolute Gasteiger partial charge is 0.221 e. The zero-order valence-electron chi connectivity index (χ0n) is 11.1. The highest BCUT2D eigenvalue weighted by atomic mass is 16.3. The van der Waals surface area contributed by atoms with Gasteiger partial charge in [-0.3, -0.25) is 4.79 Å². The highest BCUT2D eigenvalue weighted by molar-refractivity contribution is 5.76. The van der Waals surface area contributed by atoms with Crippen LogP contribution in [0.4, 0.5) is 0 Å². The third-order valence-corrected chi connectivity index (χ3v) is 3.56. The number of hydrogen-bond donors (Lipinski definition) is 3. The van der Waals surface area contributed by atoms with Crippen LogP contribution in [0.5, 0.6) is 0 Å². The van der Waals surface area contributed by atoms with Crippen LogP contribution in [0.15, 0.2) is 0 Å². The molecule has 1 aliphatic carbocycles. The Balaban J connectivity index is 2.18. The molecule has 0 aliphatic heterocycles. The molecule has 0 aromatic rings. The van der Waals surface area contributed by atoms with Crippen molar-refractivity contribution in [2.75, 3.05) is 19.7 Å². The molecular formula is C13H26N2O2. The Morgan fingerprint density at radius 2 is 2.00 bits per heavy atom. The van der Waals surface area contributed by atoms with Crippen molar-refractivity contribution in [3.05, 3.63) is 0 Å². The van der Waals surface area contributed by atoms with E-state index in [9.17, 15) is 9.90 Å². The van der Waals surface area contributed by atoms with Crippen LogP contribution in [0.2, 0.25) is 0 Å². The quantitative estimate of drug-likeness (QED) is 0.625. The Bertz CT molecular complexity index is 236. The Kier molecular flexibility index (Phi) is 5.92. The largest absolute Gasteiger partial charge is 0.396 e. The summed E-state index contributed by atoms with van der Waals surface area (Å²) >= 11 is 0. The third-order valence-electron chi connectivity index (χ3n) is 3.56. The minimum absolute atomic E-state index is 0.0405. The number of aliphatic hydroxyl groups is 1. The summed E-state index contributed by atoms with van der Waals surface area (Å²) in [7, 11) is 0. The van der Waals surface area contributed by atoms with Gasteiger partial charge in [0.15, 0.2) is 0 Å². The third kappa shape index (κ3) is 5.04. The van der Waals surface area contributed by atoms with Gasteiger partial charge in [-0.15, -0.1) is 0 Å². The Morgan fingerprint density at radius 1 is 1.35 bits per heavy atom. The van der Waals surface area contributed by atoms with E-state index < -0.39 is 0 Å². The van der Waals surface area contributed by atoms with E-state index >= 15 is 0 Å². The number of aliphatic hydroxyl groups excluding tert-OH is 1. The van der Waals surface area contributed by atoms with Gasteiger partial charge in [-0.2, -0.15) is 0 Å². The number of nitrogens with one attached hydrogen (secondary N) is 2. The van der Waals surface area contributed by atoms with Gasteiger partial charge >= 0.3 is 0 Å². The summed E-state index contributed by atoms with van der Waals surface area (Å²) in [6, 6.07) is 0.418. The maximum absolute atomic E-state index is 11.6. The number of carbonyl (C=O) groups is 1. The first-order valence-electron chi connectivity index (χ1n) is 6.69. The van der Waals surface area contributed by atoms with E-state index in [1.54, 1.807) is 0 Å². The van der Waals surface area contributed by atoms with Crippen molar-refractivity contribution >= 4 is 5.91 Å². The maximum Gasteiger partial charge on any atom is 0.221 e. The molecule has 0 radical (unpaired) electrons. The minimum atomic E-state index is -0.0405. The van der Waals surface area contributed by atoms with Crippen molar-refractivity contribution in [1.29, 1.82) is 0 Å². The molecule has 0 aromatic heterocycles. The van der Waals surface area contributed by atoms with Gasteiger partial charge in [0.05, 0.1) is 6.61 Å². The predicted molar refractivity (Wildman–Crippen MR) is 68.8 cm³/mol. The second-order valence-corrected chi connectivity index (χ2v) is 5.50. The Hall–Kier alpha value is -0.610. The Morgan fingerprint density at radius 3 is 2.53 bits per heavy atom. The van der Waals surface area contributed by atoms with E-state index in [4.69, 9.17) is 0 Å². The molecule has 3 N–H and O–H groups in total. The van der Waals surface area contributed by atoms with Crippen molar-refractivity contribution in [3.8, 4) is 0 Å². The van der Waals surface area contributed by atoms with Crippen LogP contribution in [0.3, 0.4) is 0 Å². The average Bonchev–Trinajstić information content (AvgIpc) is 2.75. The van der Waals surface area contributed by atoms with E-state index in [1.165, 1.54) is 12.8 Å². The minimum Gasteiger partial charge on any atom is -0.396 e. The van der Waals surface area contributed by atoms with Crippen LogP contribution >= 0.6 is 0 Å². The molecule has 4 heteroatoms. The second-order valence-electron chi connectivity index (χ2n) is 5.50. The second kappa shape index (κ2) is 6.97. The normalized spacial score (nSPS) is 18.6. The summed E-state index contributed by atoms with van der Waals surface area (Å²) < 4.78 is 0. The zero-order valence-corrected chi connectivity index (χ0v) is 11.1. The van der Waals surface area contributed by atoms with Crippen molar-refractivity contribution in [1.82, 2.24) is 10.6 Å². The predicted octanol–water partition coefficient (Wildman–Crippen LogP) is 1.04. The van der Waals surface area contributed by atoms with E-state index in [-0.39, 0.29) is 17.9 Å². The summed E-state index contributed by atoms with van der Waals surface area (Å²) in [6.07, 6.45) is 4.93. The van der Waals surface area contributed by atoms with E-state index in [2.05, 4.69) is 24.5 Å². The van der Waals surface area contributed by atoms with Crippen LogP contribution in [-0.2, 0) is 4.79 Å². The first-order chi connectivity index (χ1) is 8.08. The molecule has 100 valence electrons. The fourth-order valence-corrected chi connectivity index (χ4v) is 2.36. The van der Waals surface area contributed by atoms with Crippen molar-refractivity contribution in [3.63, 3.8) is 0 Å². The highest BCUT2D eigenvalue weighted by Crippen LogP contribution is 2.36. The number of amides is 1. The average molecular weight is 242 g/mol. The lowest BCUT2D eigenvalue weighted by Crippen LogP contribution is -2.39. The maximum atomic E-state index is 11.6. The molecule has 1 fully saturated rings. The molecule has 0 unspecified atom stereocenters. The first kappa shape index (κ1) is 14.5. The van der Waals surface area contributed by atoms with Crippen molar-refractivity contribution < 1.29 is 9.90 Å². The molecule has 0 atom stereocenters. The standard InChI is InChI=1S/C13H26N2O2/c1-11(2)14-8-5-12(17)15-9-13(10-16)6-3-4-7-13/h11,14,16H,3-10H2,1-2H3,(H,15,17). The first-order valence-corrected chi connectivity index (χ1v) is 6.69. The number of hydrogen-bond acceptors (Lipinski definition) is 3. The Labute approximate surface area is 104 Å². The van der Waals surface area contributed by atoms with Crippen molar-refractivity contribution in [2.45, 2.75) is 52.0 Å². The van der Waals surface area contributed by atoms with E-state index in [0.717, 1.165) is 19.4 Å². The molecular weight excluding hydrogens is 216 g/mol. The molecule has 1 amide bonds. The van der Waals surface area contributed by atoms with Gasteiger partial charge in [-0.1, -0.05) is 26.7 Å². The monoisotopic (exact) mass is 242 g/mol. The summed E-state index contributed by atoms with van der Waals surface area (Å²) in [5.74, 6) is 0.0814. The summed E-state index contributed by atoms with van der Waals surface area (Å²) in [6.45, 7) is 5.67. The molecule has 0 heterocycles. The van der Waals surface area contributed by atoms with Crippen LogP contribution in [-0.4, -0.2) is 36.8 Å². The summed E-state index contributed by atoms with van der Waals surface area (Å²) in [5.41, 5.74) is -0.0405. The lowest BCUT2D eigenvalue weighted by atomic mass is 9.87. The molecule has 0 aromatic carbocycles. The summed E-state index contributed by atoms with van der Waals surface area (Å²) in [4.78, 5) is 11.6. The van der Waals surface area contributed by atoms with Crippen LogP contribution < -0.4 is 10.6 Å². The van der Waals surface area contributed by atoms with Crippen molar-refractivity contribution in [2.24, 2.45) is 5.41 Å². The van der Waals surface area contributed by atoms with Gasteiger partial charge in [0.2, 0.25) is 5.91 Å². The molecule has 0 saturated heterocycles. The summed E-state index contributed by atoms with van der Waals surface area (Å²) in [5, 5.41) is 15.6. The SMILES string of the molecule is CC(C)NCCC(=O)NCC1(CO)CCCC1. The number of rotatable bonds is 7. The molecule has 1 aliphatic rings. The topological polar surface area (TPSA) is 61.4 Å². The van der Waals surface area contributed by atoms with Crippen LogP contribution in [0.1, 0.15) is 46.0 Å². The number of carbonyl (C=O) groups excluding carboxylic acids is 1. The molecule has 4 nitrogen and oxygen atoms in total. The highest BCUT2D eigenvalue weighted by Gasteiger charge is 2.33. The zero-order chi connectivity index (χ0) is 12.7. The molecule has 1 saturated carbocycles. The van der Waals surface area contributed by atoms with Gasteiger partial charge in [-0.05, 0) is 12.8 Å². The van der Waals surface area contributed by atoms with E-state index in [1.807, 2.05) is 0 Å².